The number of amides is 1. The molecule has 9 atom stereocenters. The standard InChI is InChI=1S/C61H113NO10/c1-3-5-7-9-11-13-15-17-19-21-23-25-26-27-29-31-33-35-37-39-41-43-45-47-49-54(65)60(70)62-52(51-71-61-59(69)58(68)57(67)55(50-63)72-61)56(66)53(64)48-46-44-42-40-38-36-34-32-30-28-24-22-20-18-16-14-12-10-8-6-4-2/h22,24,27,29,32,34,40,42,52-59,61,63-69H,3-21,23,25-26,28,30-31,33,35-39,41,43-51H2,1-2H3,(H,62,70)/b24-22+,29-27-,34-32+,42-40+. The van der Waals surface area contributed by atoms with Crippen LogP contribution < -0.4 is 5.32 Å². The van der Waals surface area contributed by atoms with Crippen LogP contribution in [0.1, 0.15) is 264 Å². The van der Waals surface area contributed by atoms with Crippen molar-refractivity contribution >= 4 is 5.91 Å². The zero-order valence-electron chi connectivity index (χ0n) is 46.2. The highest BCUT2D eigenvalue weighted by Gasteiger charge is 2.44. The van der Waals surface area contributed by atoms with Gasteiger partial charge in [0, 0.05) is 0 Å². The fourth-order valence-electron chi connectivity index (χ4n) is 9.41. The third-order valence-electron chi connectivity index (χ3n) is 14.3. The molecule has 0 aromatic carbocycles. The number of allylic oxidation sites excluding steroid dienone is 8. The van der Waals surface area contributed by atoms with Crippen LogP contribution in [0, 0.1) is 0 Å². The average Bonchev–Trinajstić information content (AvgIpc) is 3.38. The van der Waals surface area contributed by atoms with Gasteiger partial charge in [0.05, 0.1) is 25.4 Å². The first-order chi connectivity index (χ1) is 35.2. The summed E-state index contributed by atoms with van der Waals surface area (Å²) in [6.45, 7) is 3.45. The maximum atomic E-state index is 13.2. The minimum atomic E-state index is -1.67. The first-order valence-electron chi connectivity index (χ1n) is 30.0. The predicted molar refractivity (Wildman–Crippen MR) is 298 cm³/mol. The number of carbonyl (C=O) groups is 1. The highest BCUT2D eigenvalue weighted by molar-refractivity contribution is 5.80. The van der Waals surface area contributed by atoms with E-state index in [9.17, 15) is 40.5 Å². The molecule has 1 rings (SSSR count). The molecule has 0 aromatic heterocycles. The second kappa shape index (κ2) is 49.9. The number of ether oxygens (including phenoxy) is 2. The van der Waals surface area contributed by atoms with Crippen molar-refractivity contribution in [3.8, 4) is 0 Å². The van der Waals surface area contributed by atoms with Gasteiger partial charge in [0.2, 0.25) is 5.91 Å². The van der Waals surface area contributed by atoms with Crippen molar-refractivity contribution in [1.29, 1.82) is 0 Å². The van der Waals surface area contributed by atoms with Gasteiger partial charge in [0.15, 0.2) is 6.29 Å². The van der Waals surface area contributed by atoms with Gasteiger partial charge in [-0.15, -0.1) is 0 Å². The lowest BCUT2D eigenvalue weighted by Gasteiger charge is -2.40. The maximum Gasteiger partial charge on any atom is 0.249 e. The molecule has 72 heavy (non-hydrogen) atoms. The largest absolute Gasteiger partial charge is 0.394 e. The number of hydrogen-bond acceptors (Lipinski definition) is 10. The summed E-state index contributed by atoms with van der Waals surface area (Å²) in [5, 5.41) is 76.2. The van der Waals surface area contributed by atoms with Gasteiger partial charge >= 0.3 is 0 Å². The molecular formula is C61H113NO10. The van der Waals surface area contributed by atoms with E-state index < -0.39 is 74.2 Å². The Hall–Kier alpha value is -1.93. The number of hydrogen-bond donors (Lipinski definition) is 8. The fourth-order valence-corrected chi connectivity index (χ4v) is 9.41. The lowest BCUT2D eigenvalue weighted by molar-refractivity contribution is -0.303. The molecule has 8 N–H and O–H groups in total. The van der Waals surface area contributed by atoms with Crippen molar-refractivity contribution in [1.82, 2.24) is 5.32 Å². The molecule has 0 bridgehead atoms. The zero-order valence-corrected chi connectivity index (χ0v) is 46.2. The average molecular weight is 1020 g/mol. The second-order valence-electron chi connectivity index (χ2n) is 21.0. The summed E-state index contributed by atoms with van der Waals surface area (Å²) in [5.41, 5.74) is 0. The summed E-state index contributed by atoms with van der Waals surface area (Å²) in [6, 6.07) is -1.20. The van der Waals surface area contributed by atoms with Crippen LogP contribution in [0.2, 0.25) is 0 Å². The van der Waals surface area contributed by atoms with Gasteiger partial charge in [0.1, 0.15) is 36.6 Å². The molecule has 1 fully saturated rings. The van der Waals surface area contributed by atoms with Gasteiger partial charge < -0.3 is 50.5 Å². The molecule has 1 aliphatic heterocycles. The van der Waals surface area contributed by atoms with Crippen molar-refractivity contribution < 1.29 is 50.0 Å². The molecular weight excluding hydrogens is 907 g/mol. The van der Waals surface area contributed by atoms with Gasteiger partial charge in [-0.25, -0.2) is 0 Å². The summed E-state index contributed by atoms with van der Waals surface area (Å²) in [7, 11) is 0. The zero-order chi connectivity index (χ0) is 52.5. The molecule has 1 amide bonds. The van der Waals surface area contributed by atoms with Crippen molar-refractivity contribution in [2.24, 2.45) is 0 Å². The smallest absolute Gasteiger partial charge is 0.249 e. The monoisotopic (exact) mass is 1020 g/mol. The number of unbranched alkanes of at least 4 members (excludes halogenated alkanes) is 31. The molecule has 1 aliphatic rings. The van der Waals surface area contributed by atoms with Crippen LogP contribution in [0.3, 0.4) is 0 Å². The molecule has 0 saturated carbocycles. The van der Waals surface area contributed by atoms with E-state index in [0.717, 1.165) is 51.4 Å². The van der Waals surface area contributed by atoms with Crippen molar-refractivity contribution in [2.75, 3.05) is 13.2 Å². The van der Waals surface area contributed by atoms with E-state index in [1.54, 1.807) is 0 Å². The minimum Gasteiger partial charge on any atom is -0.394 e. The molecule has 0 spiro atoms. The Labute approximate surface area is 440 Å². The fraction of sp³-hybridized carbons (Fsp3) is 0.852. The van der Waals surface area contributed by atoms with Crippen LogP contribution in [0.15, 0.2) is 48.6 Å². The molecule has 9 unspecified atom stereocenters. The highest BCUT2D eigenvalue weighted by atomic mass is 16.7. The third kappa shape index (κ3) is 37.7. The van der Waals surface area contributed by atoms with Gasteiger partial charge in [-0.05, 0) is 89.9 Å². The van der Waals surface area contributed by atoms with E-state index in [0.29, 0.717) is 19.3 Å². The molecule has 11 heteroatoms. The molecule has 11 nitrogen and oxygen atoms in total. The second-order valence-corrected chi connectivity index (χ2v) is 21.0. The van der Waals surface area contributed by atoms with Gasteiger partial charge in [-0.1, -0.05) is 223 Å². The normalized spacial score (nSPS) is 20.4. The van der Waals surface area contributed by atoms with Crippen LogP contribution in [0.4, 0.5) is 0 Å². The van der Waals surface area contributed by atoms with E-state index in [1.807, 2.05) is 0 Å². The van der Waals surface area contributed by atoms with Gasteiger partial charge in [-0.2, -0.15) is 0 Å². The molecule has 422 valence electrons. The van der Waals surface area contributed by atoms with Crippen molar-refractivity contribution in [3.63, 3.8) is 0 Å². The third-order valence-corrected chi connectivity index (χ3v) is 14.3. The summed E-state index contributed by atoms with van der Waals surface area (Å²) in [4.78, 5) is 13.2. The van der Waals surface area contributed by atoms with Crippen LogP contribution in [-0.4, -0.2) is 110 Å². The van der Waals surface area contributed by atoms with E-state index in [2.05, 4.69) is 67.8 Å². The van der Waals surface area contributed by atoms with Crippen LogP contribution in [0.25, 0.3) is 0 Å². The quantitative estimate of drug-likeness (QED) is 0.0215. The number of rotatable bonds is 51. The summed E-state index contributed by atoms with van der Waals surface area (Å²) in [5.74, 6) is -0.714. The van der Waals surface area contributed by atoms with Crippen LogP contribution >= 0.6 is 0 Å². The molecule has 1 heterocycles. The summed E-state index contributed by atoms with van der Waals surface area (Å²) >= 11 is 0. The molecule has 0 aliphatic carbocycles. The van der Waals surface area contributed by atoms with Crippen LogP contribution in [-0.2, 0) is 14.3 Å². The van der Waals surface area contributed by atoms with Crippen molar-refractivity contribution in [2.45, 2.75) is 319 Å². The lowest BCUT2D eigenvalue weighted by Crippen LogP contribution is -2.60. The Morgan fingerprint density at radius 1 is 0.472 bits per heavy atom. The minimum absolute atomic E-state index is 0.240. The number of aliphatic hydroxyl groups is 7. The van der Waals surface area contributed by atoms with Crippen molar-refractivity contribution in [3.05, 3.63) is 48.6 Å². The Morgan fingerprint density at radius 3 is 1.24 bits per heavy atom. The summed E-state index contributed by atoms with van der Waals surface area (Å²) in [6.07, 6.45) is 51.7. The van der Waals surface area contributed by atoms with E-state index in [4.69, 9.17) is 9.47 Å². The van der Waals surface area contributed by atoms with E-state index in [1.165, 1.54) is 167 Å². The number of nitrogens with one attached hydrogen (secondary N) is 1. The number of aliphatic hydroxyl groups excluding tert-OH is 7. The predicted octanol–water partition coefficient (Wildman–Crippen LogP) is 12.8. The Bertz CT molecular complexity index is 1310. The van der Waals surface area contributed by atoms with Gasteiger partial charge in [0.25, 0.3) is 0 Å². The SMILES string of the molecule is CCCCCCCCCC/C=C/CC/C=C/CC/C=C/CCCC(O)C(O)C(COC1OC(CO)C(O)C(O)C1O)NC(=O)C(O)CCCCCCCCCC/C=C\CCCCCCCCCCCCCC. The first kappa shape index (κ1) is 68.1. The first-order valence-corrected chi connectivity index (χ1v) is 30.0. The van der Waals surface area contributed by atoms with Crippen LogP contribution in [0.5, 0.6) is 0 Å². The summed E-state index contributed by atoms with van der Waals surface area (Å²) < 4.78 is 11.1. The number of carbonyl (C=O) groups excluding carboxylic acids is 1. The molecule has 0 radical (unpaired) electrons. The van der Waals surface area contributed by atoms with E-state index in [-0.39, 0.29) is 12.8 Å². The van der Waals surface area contributed by atoms with Gasteiger partial charge in [-0.3, -0.25) is 4.79 Å². The van der Waals surface area contributed by atoms with E-state index >= 15 is 0 Å². The lowest BCUT2D eigenvalue weighted by atomic mass is 9.98. The Balaban J connectivity index is 2.34. The molecule has 1 saturated heterocycles. The molecule has 0 aromatic rings. The topological polar surface area (TPSA) is 189 Å². The maximum absolute atomic E-state index is 13.2. The Morgan fingerprint density at radius 2 is 0.833 bits per heavy atom. The highest BCUT2D eigenvalue weighted by Crippen LogP contribution is 2.23. The Kier molecular flexibility index (Phi) is 47.2.